The highest BCUT2D eigenvalue weighted by molar-refractivity contribution is 7.87. The highest BCUT2D eigenvalue weighted by Crippen LogP contribution is 1.95. The summed E-state index contributed by atoms with van der Waals surface area (Å²) in [7, 11) is -2.22. The molecule has 1 atom stereocenters. The lowest BCUT2D eigenvalue weighted by Gasteiger charge is -2.13. The Hall–Kier alpha value is -0.700. The van der Waals surface area contributed by atoms with Crippen LogP contribution in [0.2, 0.25) is 0 Å². The van der Waals surface area contributed by atoms with E-state index in [1.54, 1.807) is 6.92 Å². The molecule has 0 fully saturated rings. The molecule has 0 aliphatic heterocycles. The standard InChI is InChI=1S/C7H16N2O5S/c1-3-8-15(12,13)9-5-6(14-2)4-7(10)11/h6,8-9H,3-5H2,1-2H3,(H,10,11). The average Bonchev–Trinajstić information content (AvgIpc) is 2.11. The van der Waals surface area contributed by atoms with Crippen LogP contribution in [0.5, 0.6) is 0 Å². The van der Waals surface area contributed by atoms with Crippen LogP contribution in [-0.4, -0.2) is 45.8 Å². The number of methoxy groups -OCH3 is 1. The van der Waals surface area contributed by atoms with E-state index in [-0.39, 0.29) is 19.5 Å². The zero-order valence-electron chi connectivity index (χ0n) is 8.69. The third-order valence-corrected chi connectivity index (χ3v) is 2.79. The molecule has 7 nitrogen and oxygen atoms in total. The van der Waals surface area contributed by atoms with Crippen LogP contribution in [0.1, 0.15) is 13.3 Å². The minimum Gasteiger partial charge on any atom is -0.481 e. The third-order valence-electron chi connectivity index (χ3n) is 1.57. The molecule has 0 rings (SSSR count). The lowest BCUT2D eigenvalue weighted by Crippen LogP contribution is -2.41. The van der Waals surface area contributed by atoms with Crippen molar-refractivity contribution >= 4 is 16.2 Å². The normalized spacial score (nSPS) is 13.7. The number of ether oxygens (including phenoxy) is 1. The van der Waals surface area contributed by atoms with Gasteiger partial charge in [-0.25, -0.2) is 4.72 Å². The maximum absolute atomic E-state index is 11.1. The molecule has 3 N–H and O–H groups in total. The van der Waals surface area contributed by atoms with Gasteiger partial charge in [0.15, 0.2) is 0 Å². The second-order valence-electron chi connectivity index (χ2n) is 2.81. The van der Waals surface area contributed by atoms with Gasteiger partial charge in [0.1, 0.15) is 0 Å². The monoisotopic (exact) mass is 240 g/mol. The number of carbonyl (C=O) groups is 1. The first-order chi connectivity index (χ1) is 6.91. The van der Waals surface area contributed by atoms with E-state index in [0.717, 1.165) is 0 Å². The minimum absolute atomic E-state index is 0.0713. The Balaban J connectivity index is 4.05. The maximum Gasteiger partial charge on any atom is 0.306 e. The molecule has 0 aliphatic carbocycles. The summed E-state index contributed by atoms with van der Waals surface area (Å²) in [5.74, 6) is -1.04. The van der Waals surface area contributed by atoms with E-state index in [9.17, 15) is 13.2 Å². The zero-order valence-corrected chi connectivity index (χ0v) is 9.50. The predicted molar refractivity (Wildman–Crippen MR) is 53.6 cm³/mol. The van der Waals surface area contributed by atoms with Crippen LogP contribution in [0, 0.1) is 0 Å². The molecule has 0 aromatic carbocycles. The van der Waals surface area contributed by atoms with Crippen LogP contribution in [0.4, 0.5) is 0 Å². The van der Waals surface area contributed by atoms with Gasteiger partial charge in [-0.1, -0.05) is 6.92 Å². The first-order valence-electron chi connectivity index (χ1n) is 4.40. The molecule has 0 saturated carbocycles. The van der Waals surface area contributed by atoms with Crippen LogP contribution >= 0.6 is 0 Å². The Morgan fingerprint density at radius 1 is 1.47 bits per heavy atom. The molecule has 0 aliphatic rings. The molecule has 0 bridgehead atoms. The number of carboxylic acids is 1. The van der Waals surface area contributed by atoms with Crippen molar-refractivity contribution in [3.63, 3.8) is 0 Å². The third kappa shape index (κ3) is 7.25. The van der Waals surface area contributed by atoms with E-state index >= 15 is 0 Å². The molecule has 0 radical (unpaired) electrons. The van der Waals surface area contributed by atoms with Crippen LogP contribution < -0.4 is 9.44 Å². The molecule has 0 aromatic heterocycles. The molecule has 0 amide bonds. The highest BCUT2D eigenvalue weighted by Gasteiger charge is 2.15. The summed E-state index contributed by atoms with van der Waals surface area (Å²) in [6.45, 7) is 1.84. The van der Waals surface area contributed by atoms with Crippen molar-refractivity contribution in [3.05, 3.63) is 0 Å². The summed E-state index contributed by atoms with van der Waals surface area (Å²) in [6, 6.07) is 0. The Labute approximate surface area is 89.0 Å². The molecule has 1 unspecified atom stereocenters. The van der Waals surface area contributed by atoms with E-state index in [1.807, 2.05) is 0 Å². The fraction of sp³-hybridized carbons (Fsp3) is 0.857. The Kier molecular flexibility index (Phi) is 6.41. The fourth-order valence-corrected chi connectivity index (χ4v) is 1.76. The first kappa shape index (κ1) is 14.3. The van der Waals surface area contributed by atoms with Gasteiger partial charge >= 0.3 is 5.97 Å². The van der Waals surface area contributed by atoms with Gasteiger partial charge in [0.05, 0.1) is 12.5 Å². The van der Waals surface area contributed by atoms with Crippen molar-refractivity contribution in [1.82, 2.24) is 9.44 Å². The first-order valence-corrected chi connectivity index (χ1v) is 5.88. The molecular weight excluding hydrogens is 224 g/mol. The van der Waals surface area contributed by atoms with Gasteiger partial charge in [-0.15, -0.1) is 0 Å². The van der Waals surface area contributed by atoms with Crippen LogP contribution in [0.3, 0.4) is 0 Å². The predicted octanol–water partition coefficient (Wildman–Crippen LogP) is -1.08. The molecule has 0 heterocycles. The van der Waals surface area contributed by atoms with Crippen LogP contribution in [0.15, 0.2) is 0 Å². The van der Waals surface area contributed by atoms with Gasteiger partial charge in [-0.3, -0.25) is 4.79 Å². The van der Waals surface area contributed by atoms with Gasteiger partial charge in [0.2, 0.25) is 0 Å². The highest BCUT2D eigenvalue weighted by atomic mass is 32.2. The maximum atomic E-state index is 11.1. The van der Waals surface area contributed by atoms with Gasteiger partial charge in [0.25, 0.3) is 10.2 Å². The number of carboxylic acid groups (broad SMARTS) is 1. The largest absolute Gasteiger partial charge is 0.481 e. The van der Waals surface area contributed by atoms with E-state index in [0.29, 0.717) is 0 Å². The number of aliphatic carboxylic acids is 1. The second kappa shape index (κ2) is 6.72. The summed E-state index contributed by atoms with van der Waals surface area (Å²) < 4.78 is 31.4. The van der Waals surface area contributed by atoms with Gasteiger partial charge in [-0.2, -0.15) is 13.1 Å². The molecule has 8 heteroatoms. The summed E-state index contributed by atoms with van der Waals surface area (Å²) >= 11 is 0. The summed E-state index contributed by atoms with van der Waals surface area (Å²) in [6.07, 6.45) is -0.915. The SMILES string of the molecule is CCNS(=O)(=O)NCC(CC(=O)O)OC. The van der Waals surface area contributed by atoms with Crippen molar-refractivity contribution in [1.29, 1.82) is 0 Å². The van der Waals surface area contributed by atoms with Gasteiger partial charge < -0.3 is 9.84 Å². The topological polar surface area (TPSA) is 105 Å². The summed E-state index contributed by atoms with van der Waals surface area (Å²) in [5.41, 5.74) is 0. The Morgan fingerprint density at radius 3 is 2.47 bits per heavy atom. The number of nitrogens with one attached hydrogen (secondary N) is 2. The minimum atomic E-state index is -3.55. The van der Waals surface area contributed by atoms with Crippen molar-refractivity contribution < 1.29 is 23.1 Å². The van der Waals surface area contributed by atoms with Gasteiger partial charge in [0, 0.05) is 20.2 Å². The van der Waals surface area contributed by atoms with E-state index in [4.69, 9.17) is 9.84 Å². The average molecular weight is 240 g/mol. The van der Waals surface area contributed by atoms with E-state index in [1.165, 1.54) is 7.11 Å². The quantitative estimate of drug-likeness (QED) is 0.500. The lowest BCUT2D eigenvalue weighted by atomic mass is 10.2. The molecule has 0 saturated heterocycles. The van der Waals surface area contributed by atoms with Crippen molar-refractivity contribution in [2.24, 2.45) is 0 Å². The number of hydrogen-bond acceptors (Lipinski definition) is 4. The van der Waals surface area contributed by atoms with Crippen LogP contribution in [0.25, 0.3) is 0 Å². The van der Waals surface area contributed by atoms with Crippen molar-refractivity contribution in [3.8, 4) is 0 Å². The second-order valence-corrected chi connectivity index (χ2v) is 4.39. The zero-order chi connectivity index (χ0) is 11.9. The van der Waals surface area contributed by atoms with Crippen molar-refractivity contribution in [2.45, 2.75) is 19.4 Å². The van der Waals surface area contributed by atoms with Crippen molar-refractivity contribution in [2.75, 3.05) is 20.2 Å². The summed E-state index contributed by atoms with van der Waals surface area (Å²) in [4.78, 5) is 10.3. The number of hydrogen-bond donors (Lipinski definition) is 3. The molecule has 0 aromatic rings. The smallest absolute Gasteiger partial charge is 0.306 e. The number of rotatable bonds is 8. The molecule has 0 spiro atoms. The van der Waals surface area contributed by atoms with Gasteiger partial charge in [-0.05, 0) is 0 Å². The Morgan fingerprint density at radius 2 is 2.07 bits per heavy atom. The molecule has 90 valence electrons. The van der Waals surface area contributed by atoms with E-state index < -0.39 is 22.3 Å². The molecular formula is C7H16N2O5S. The summed E-state index contributed by atoms with van der Waals surface area (Å²) in [5, 5.41) is 8.47. The fourth-order valence-electron chi connectivity index (χ4n) is 0.877. The molecule has 15 heavy (non-hydrogen) atoms. The van der Waals surface area contributed by atoms with E-state index in [2.05, 4.69) is 9.44 Å². The Bertz CT molecular complexity index is 290. The lowest BCUT2D eigenvalue weighted by molar-refractivity contribution is -0.139. The van der Waals surface area contributed by atoms with Crippen LogP contribution in [-0.2, 0) is 19.7 Å².